The van der Waals surface area contributed by atoms with Crippen LogP contribution in [0.1, 0.15) is 13.3 Å². The van der Waals surface area contributed by atoms with E-state index in [1.165, 1.54) is 26.2 Å². The molecule has 2 rings (SSSR count). The maximum absolute atomic E-state index is 12.3. The van der Waals surface area contributed by atoms with Gasteiger partial charge in [-0.3, -0.25) is 4.79 Å². The molecule has 1 amide bonds. The Balaban J connectivity index is 2.10. The van der Waals surface area contributed by atoms with Crippen LogP contribution in [0.2, 0.25) is 0 Å². The Labute approximate surface area is 160 Å². The summed E-state index contributed by atoms with van der Waals surface area (Å²) in [6.07, 6.45) is 0.410. The van der Waals surface area contributed by atoms with Gasteiger partial charge in [-0.15, -0.1) is 0 Å². The lowest BCUT2D eigenvalue weighted by molar-refractivity contribution is -0.119. The number of benzene rings is 1. The summed E-state index contributed by atoms with van der Waals surface area (Å²) >= 11 is 0. The summed E-state index contributed by atoms with van der Waals surface area (Å²) in [5.41, 5.74) is 1.15. The van der Waals surface area contributed by atoms with Crippen molar-refractivity contribution in [2.24, 2.45) is 0 Å². The van der Waals surface area contributed by atoms with Crippen LogP contribution >= 0.6 is 0 Å². The van der Waals surface area contributed by atoms with E-state index < -0.39 is 19.9 Å². The molecule has 27 heavy (non-hydrogen) atoms. The second kappa shape index (κ2) is 8.44. The van der Waals surface area contributed by atoms with Crippen molar-refractivity contribution in [3.05, 3.63) is 18.2 Å². The van der Waals surface area contributed by atoms with E-state index in [4.69, 9.17) is 0 Å². The zero-order valence-corrected chi connectivity index (χ0v) is 17.3. The Morgan fingerprint density at radius 2 is 1.93 bits per heavy atom. The molecular weight excluding hydrogens is 392 g/mol. The minimum absolute atomic E-state index is 0.0437. The van der Waals surface area contributed by atoms with Crippen molar-refractivity contribution in [2.45, 2.75) is 24.3 Å². The van der Waals surface area contributed by atoms with Gasteiger partial charge in [0.15, 0.2) is 9.84 Å². The highest BCUT2D eigenvalue weighted by atomic mass is 32.2. The van der Waals surface area contributed by atoms with Crippen molar-refractivity contribution < 1.29 is 21.6 Å². The number of sulfone groups is 1. The number of rotatable bonds is 8. The zero-order valence-electron chi connectivity index (χ0n) is 15.6. The van der Waals surface area contributed by atoms with E-state index in [0.29, 0.717) is 24.3 Å². The monoisotopic (exact) mass is 418 g/mol. The van der Waals surface area contributed by atoms with Gasteiger partial charge in [-0.05, 0) is 31.5 Å². The SMILES string of the molecule is CCNc1ccc(S(=O)(=O)N(C)C)cc1NCC(=O)NC1CCS(=O)(=O)C1. The van der Waals surface area contributed by atoms with Crippen molar-refractivity contribution in [1.82, 2.24) is 9.62 Å². The normalized spacial score (nSPS) is 19.0. The van der Waals surface area contributed by atoms with Gasteiger partial charge >= 0.3 is 0 Å². The molecule has 1 aromatic carbocycles. The number of sulfonamides is 1. The first kappa shape index (κ1) is 21.5. The highest BCUT2D eigenvalue weighted by Gasteiger charge is 2.28. The van der Waals surface area contributed by atoms with E-state index in [2.05, 4.69) is 16.0 Å². The number of nitrogens with zero attached hydrogens (tertiary/aromatic N) is 1. The van der Waals surface area contributed by atoms with Gasteiger partial charge in [0.05, 0.1) is 34.3 Å². The van der Waals surface area contributed by atoms with Crippen LogP contribution in [0.25, 0.3) is 0 Å². The van der Waals surface area contributed by atoms with E-state index in [9.17, 15) is 21.6 Å². The molecule has 11 heteroatoms. The van der Waals surface area contributed by atoms with Crippen molar-refractivity contribution in [2.75, 3.05) is 49.3 Å². The number of carbonyl (C=O) groups excluding carboxylic acids is 1. The Morgan fingerprint density at radius 1 is 1.22 bits per heavy atom. The molecular formula is C16H26N4O5S2. The summed E-state index contributed by atoms with van der Waals surface area (Å²) in [4.78, 5) is 12.2. The first-order chi connectivity index (χ1) is 12.5. The molecule has 1 aliphatic rings. The third kappa shape index (κ3) is 5.56. The Hall–Kier alpha value is -1.85. The van der Waals surface area contributed by atoms with E-state index >= 15 is 0 Å². The van der Waals surface area contributed by atoms with Crippen LogP contribution in [-0.2, 0) is 24.7 Å². The van der Waals surface area contributed by atoms with Crippen LogP contribution in [0.4, 0.5) is 11.4 Å². The molecule has 1 unspecified atom stereocenters. The molecule has 152 valence electrons. The highest BCUT2D eigenvalue weighted by Crippen LogP contribution is 2.26. The molecule has 1 heterocycles. The topological polar surface area (TPSA) is 125 Å². The minimum Gasteiger partial charge on any atom is -0.384 e. The minimum atomic E-state index is -3.60. The quantitative estimate of drug-likeness (QED) is 0.546. The largest absolute Gasteiger partial charge is 0.384 e. The first-order valence-corrected chi connectivity index (χ1v) is 11.9. The number of amides is 1. The fourth-order valence-corrected chi connectivity index (χ4v) is 5.35. The summed E-state index contributed by atoms with van der Waals surface area (Å²) in [6, 6.07) is 4.24. The maximum atomic E-state index is 12.3. The smallest absolute Gasteiger partial charge is 0.242 e. The first-order valence-electron chi connectivity index (χ1n) is 8.59. The molecule has 0 aromatic heterocycles. The molecule has 0 saturated carbocycles. The van der Waals surface area contributed by atoms with Crippen LogP contribution in [-0.4, -0.2) is 71.8 Å². The van der Waals surface area contributed by atoms with Crippen LogP contribution in [0.3, 0.4) is 0 Å². The Kier molecular flexibility index (Phi) is 6.71. The summed E-state index contributed by atoms with van der Waals surface area (Å²) in [5.74, 6) is -0.307. The lowest BCUT2D eigenvalue weighted by Gasteiger charge is -2.17. The van der Waals surface area contributed by atoms with Crippen molar-refractivity contribution in [1.29, 1.82) is 0 Å². The molecule has 3 N–H and O–H groups in total. The van der Waals surface area contributed by atoms with E-state index in [0.717, 1.165) is 4.31 Å². The Bertz CT molecular complexity index is 897. The van der Waals surface area contributed by atoms with E-state index in [1.807, 2.05) is 6.92 Å². The number of carbonyl (C=O) groups is 1. The van der Waals surface area contributed by atoms with Crippen molar-refractivity contribution in [3.63, 3.8) is 0 Å². The van der Waals surface area contributed by atoms with E-state index in [1.54, 1.807) is 6.07 Å². The number of hydrogen-bond acceptors (Lipinski definition) is 7. The molecule has 9 nitrogen and oxygen atoms in total. The predicted octanol–water partition coefficient (Wildman–Crippen LogP) is 0.0839. The van der Waals surface area contributed by atoms with Crippen LogP contribution in [0.5, 0.6) is 0 Å². The third-order valence-electron chi connectivity index (χ3n) is 4.17. The fourth-order valence-electron chi connectivity index (χ4n) is 2.75. The summed E-state index contributed by atoms with van der Waals surface area (Å²) < 4.78 is 48.7. The van der Waals surface area contributed by atoms with Crippen molar-refractivity contribution in [3.8, 4) is 0 Å². The zero-order chi connectivity index (χ0) is 20.2. The summed E-state index contributed by atoms with van der Waals surface area (Å²) in [5, 5.41) is 8.74. The van der Waals surface area contributed by atoms with Crippen LogP contribution in [0, 0.1) is 0 Å². The molecule has 1 fully saturated rings. The average molecular weight is 419 g/mol. The number of hydrogen-bond donors (Lipinski definition) is 3. The van der Waals surface area contributed by atoms with Gasteiger partial charge in [-0.1, -0.05) is 0 Å². The van der Waals surface area contributed by atoms with Gasteiger partial charge in [-0.2, -0.15) is 0 Å². The second-order valence-corrected chi connectivity index (χ2v) is 10.9. The Morgan fingerprint density at radius 3 is 2.48 bits per heavy atom. The third-order valence-corrected chi connectivity index (χ3v) is 7.75. The van der Waals surface area contributed by atoms with Crippen molar-refractivity contribution >= 4 is 37.1 Å². The van der Waals surface area contributed by atoms with Crippen LogP contribution in [0.15, 0.2) is 23.1 Å². The molecule has 1 aromatic rings. The van der Waals surface area contributed by atoms with Gasteiger partial charge in [0.1, 0.15) is 0 Å². The molecule has 1 atom stereocenters. The molecule has 1 aliphatic heterocycles. The van der Waals surface area contributed by atoms with Gasteiger partial charge in [0.2, 0.25) is 15.9 Å². The summed E-state index contributed by atoms with van der Waals surface area (Å²) in [7, 11) is -3.78. The molecule has 0 bridgehead atoms. The van der Waals surface area contributed by atoms with Gasteiger partial charge < -0.3 is 16.0 Å². The summed E-state index contributed by atoms with van der Waals surface area (Å²) in [6.45, 7) is 2.43. The van der Waals surface area contributed by atoms with E-state index in [-0.39, 0.29) is 34.9 Å². The predicted molar refractivity (Wildman–Crippen MR) is 105 cm³/mol. The highest BCUT2D eigenvalue weighted by molar-refractivity contribution is 7.91. The second-order valence-electron chi connectivity index (χ2n) is 6.55. The number of nitrogens with one attached hydrogen (secondary N) is 3. The lowest BCUT2D eigenvalue weighted by atomic mass is 10.2. The standard InChI is InChI=1S/C16H26N4O5S2/c1-4-17-14-6-5-13(27(24,25)20(2)3)9-15(14)18-10-16(21)19-12-7-8-26(22,23)11-12/h5-6,9,12,17-18H,4,7-8,10-11H2,1-3H3,(H,19,21). The molecule has 1 saturated heterocycles. The molecule has 0 spiro atoms. The van der Waals surface area contributed by atoms with Gasteiger partial charge in [0.25, 0.3) is 0 Å². The fraction of sp³-hybridized carbons (Fsp3) is 0.562. The van der Waals surface area contributed by atoms with Gasteiger partial charge in [0, 0.05) is 26.7 Å². The van der Waals surface area contributed by atoms with Gasteiger partial charge in [-0.25, -0.2) is 21.1 Å². The average Bonchev–Trinajstić information content (AvgIpc) is 2.92. The lowest BCUT2D eigenvalue weighted by Crippen LogP contribution is -2.39. The number of anilines is 2. The molecule has 0 radical (unpaired) electrons. The van der Waals surface area contributed by atoms with Crippen LogP contribution < -0.4 is 16.0 Å². The maximum Gasteiger partial charge on any atom is 0.242 e. The molecule has 0 aliphatic carbocycles.